The number of benzene rings is 3. The van der Waals surface area contributed by atoms with Crippen molar-refractivity contribution >= 4 is 35.0 Å². The summed E-state index contributed by atoms with van der Waals surface area (Å²) in [5.74, 6) is -1.25. The van der Waals surface area contributed by atoms with Crippen LogP contribution in [-0.2, 0) is 29.0 Å². The van der Waals surface area contributed by atoms with Crippen molar-refractivity contribution in [2.45, 2.75) is 32.4 Å². The molecule has 172 valence electrons. The van der Waals surface area contributed by atoms with E-state index in [2.05, 4.69) is 5.32 Å². The second kappa shape index (κ2) is 11.8. The molecule has 33 heavy (non-hydrogen) atoms. The molecule has 0 aliphatic heterocycles. The van der Waals surface area contributed by atoms with Crippen molar-refractivity contribution in [3.8, 4) is 0 Å². The Balaban J connectivity index is 1.99. The Kier molecular flexibility index (Phi) is 8.87. The van der Waals surface area contributed by atoms with Crippen LogP contribution in [0.1, 0.15) is 23.6 Å². The molecule has 0 saturated heterocycles. The minimum absolute atomic E-state index is 0.106. The van der Waals surface area contributed by atoms with Gasteiger partial charge >= 0.3 is 0 Å². The quantitative estimate of drug-likeness (QED) is 0.437. The molecule has 0 fully saturated rings. The second-order valence-electron chi connectivity index (χ2n) is 7.63. The molecular formula is C26H25Cl2FN2O2. The molecular weight excluding hydrogens is 462 g/mol. The Morgan fingerprint density at radius 1 is 0.970 bits per heavy atom. The van der Waals surface area contributed by atoms with Crippen LogP contribution < -0.4 is 5.32 Å². The first-order valence-corrected chi connectivity index (χ1v) is 11.4. The third-order valence-corrected chi connectivity index (χ3v) is 5.84. The number of carbonyl (C=O) groups is 2. The fourth-order valence-corrected chi connectivity index (χ4v) is 4.07. The number of carbonyl (C=O) groups excluding carboxylic acids is 2. The number of hydrogen-bond donors (Lipinski definition) is 1. The average molecular weight is 487 g/mol. The Hall–Kier alpha value is -2.89. The summed E-state index contributed by atoms with van der Waals surface area (Å²) >= 11 is 12.3. The molecule has 4 nitrogen and oxygen atoms in total. The molecule has 1 atom stereocenters. The van der Waals surface area contributed by atoms with Crippen LogP contribution in [0.25, 0.3) is 0 Å². The summed E-state index contributed by atoms with van der Waals surface area (Å²) in [7, 11) is 0. The van der Waals surface area contributed by atoms with E-state index in [0.717, 1.165) is 11.1 Å². The lowest BCUT2D eigenvalue weighted by Gasteiger charge is -2.31. The normalized spacial score (nSPS) is 11.6. The van der Waals surface area contributed by atoms with E-state index in [4.69, 9.17) is 23.2 Å². The maximum absolute atomic E-state index is 14.4. The molecule has 3 aromatic rings. The maximum Gasteiger partial charge on any atom is 0.243 e. The van der Waals surface area contributed by atoms with E-state index in [1.807, 2.05) is 43.3 Å². The van der Waals surface area contributed by atoms with Gasteiger partial charge in [0.05, 0.1) is 6.42 Å². The summed E-state index contributed by atoms with van der Waals surface area (Å²) < 4.78 is 14.4. The third kappa shape index (κ3) is 6.80. The highest BCUT2D eigenvalue weighted by Gasteiger charge is 2.31. The SMILES string of the molecule is CCNC(=O)[C@H](Cc1ccccc1)N(Cc1cccc(Cl)c1)C(=O)Cc1c(F)cccc1Cl. The van der Waals surface area contributed by atoms with Gasteiger partial charge in [0.15, 0.2) is 0 Å². The Labute approximate surface area is 203 Å². The van der Waals surface area contributed by atoms with E-state index in [-0.39, 0.29) is 29.5 Å². The molecule has 0 radical (unpaired) electrons. The lowest BCUT2D eigenvalue weighted by molar-refractivity contribution is -0.140. The Morgan fingerprint density at radius 2 is 1.67 bits per heavy atom. The summed E-state index contributed by atoms with van der Waals surface area (Å²) in [6, 6.07) is 20.1. The zero-order valence-electron chi connectivity index (χ0n) is 18.2. The van der Waals surface area contributed by atoms with Crippen molar-refractivity contribution < 1.29 is 14.0 Å². The van der Waals surface area contributed by atoms with Gasteiger partial charge in [0.1, 0.15) is 11.9 Å². The second-order valence-corrected chi connectivity index (χ2v) is 8.47. The third-order valence-electron chi connectivity index (χ3n) is 5.25. The van der Waals surface area contributed by atoms with Crippen molar-refractivity contribution in [1.29, 1.82) is 0 Å². The summed E-state index contributed by atoms with van der Waals surface area (Å²) in [6.45, 7) is 2.38. The monoisotopic (exact) mass is 486 g/mol. The molecule has 0 aliphatic carbocycles. The summed E-state index contributed by atoms with van der Waals surface area (Å²) in [4.78, 5) is 28.1. The fourth-order valence-electron chi connectivity index (χ4n) is 3.63. The van der Waals surface area contributed by atoms with Crippen LogP contribution in [0.3, 0.4) is 0 Å². The van der Waals surface area contributed by atoms with Gasteiger partial charge in [0, 0.05) is 35.1 Å². The van der Waals surface area contributed by atoms with E-state index in [9.17, 15) is 14.0 Å². The Morgan fingerprint density at radius 3 is 2.33 bits per heavy atom. The van der Waals surface area contributed by atoms with Gasteiger partial charge in [-0.3, -0.25) is 9.59 Å². The number of rotatable bonds is 9. The van der Waals surface area contributed by atoms with Gasteiger partial charge in [-0.1, -0.05) is 71.7 Å². The standard InChI is InChI=1S/C26H25Cl2FN2O2/c1-2-30-26(33)24(15-18-8-4-3-5-9-18)31(17-19-10-6-11-20(27)14-19)25(32)16-21-22(28)12-7-13-23(21)29/h3-14,24H,2,15-17H2,1H3,(H,30,33)/t24-/m0/s1. The van der Waals surface area contributed by atoms with Gasteiger partial charge in [-0.25, -0.2) is 4.39 Å². The first kappa shape index (κ1) is 24.7. The predicted octanol–water partition coefficient (Wildman–Crippen LogP) is 5.45. The number of nitrogens with zero attached hydrogens (tertiary/aromatic N) is 1. The lowest BCUT2D eigenvalue weighted by Crippen LogP contribution is -2.51. The van der Waals surface area contributed by atoms with Crippen molar-refractivity contribution in [1.82, 2.24) is 10.2 Å². The van der Waals surface area contributed by atoms with Crippen molar-refractivity contribution in [2.75, 3.05) is 6.54 Å². The molecule has 3 aromatic carbocycles. The zero-order valence-corrected chi connectivity index (χ0v) is 19.7. The number of hydrogen-bond acceptors (Lipinski definition) is 2. The molecule has 0 saturated carbocycles. The maximum atomic E-state index is 14.4. The number of nitrogens with one attached hydrogen (secondary N) is 1. The van der Waals surface area contributed by atoms with Gasteiger partial charge < -0.3 is 10.2 Å². The van der Waals surface area contributed by atoms with Crippen LogP contribution >= 0.6 is 23.2 Å². The molecule has 0 bridgehead atoms. The predicted molar refractivity (Wildman–Crippen MR) is 130 cm³/mol. The van der Waals surface area contributed by atoms with Crippen LogP contribution in [0.4, 0.5) is 4.39 Å². The number of halogens is 3. The molecule has 0 spiro atoms. The van der Waals surface area contributed by atoms with Gasteiger partial charge in [-0.05, 0) is 42.3 Å². The van der Waals surface area contributed by atoms with Gasteiger partial charge in [-0.2, -0.15) is 0 Å². The highest BCUT2D eigenvalue weighted by atomic mass is 35.5. The van der Waals surface area contributed by atoms with Crippen LogP contribution in [0.5, 0.6) is 0 Å². The minimum atomic E-state index is -0.801. The first-order chi connectivity index (χ1) is 15.9. The summed E-state index contributed by atoms with van der Waals surface area (Å²) in [5.41, 5.74) is 1.77. The molecule has 0 heterocycles. The number of likely N-dealkylation sites (N-methyl/N-ethyl adjacent to an activating group) is 1. The average Bonchev–Trinajstić information content (AvgIpc) is 2.79. The molecule has 0 aromatic heterocycles. The van der Waals surface area contributed by atoms with Gasteiger partial charge in [0.2, 0.25) is 11.8 Å². The summed E-state index contributed by atoms with van der Waals surface area (Å²) in [6.07, 6.45) is 0.0424. The molecule has 0 aliphatic rings. The number of amides is 2. The van der Waals surface area contributed by atoms with Gasteiger partial charge in [0.25, 0.3) is 0 Å². The molecule has 1 N–H and O–H groups in total. The fraction of sp³-hybridized carbons (Fsp3) is 0.231. The topological polar surface area (TPSA) is 49.4 Å². The van der Waals surface area contributed by atoms with Crippen LogP contribution in [0, 0.1) is 5.82 Å². The van der Waals surface area contributed by atoms with Crippen molar-refractivity contribution in [3.05, 3.63) is 105 Å². The first-order valence-electron chi connectivity index (χ1n) is 10.7. The van der Waals surface area contributed by atoms with E-state index < -0.39 is 17.8 Å². The summed E-state index contributed by atoms with van der Waals surface area (Å²) in [5, 5.41) is 3.52. The smallest absolute Gasteiger partial charge is 0.243 e. The van der Waals surface area contributed by atoms with Crippen molar-refractivity contribution in [3.63, 3.8) is 0 Å². The van der Waals surface area contributed by atoms with Crippen molar-refractivity contribution in [2.24, 2.45) is 0 Å². The van der Waals surface area contributed by atoms with E-state index in [0.29, 0.717) is 18.0 Å². The Bertz CT molecular complexity index is 1090. The highest BCUT2D eigenvalue weighted by molar-refractivity contribution is 6.31. The molecule has 3 rings (SSSR count). The van der Waals surface area contributed by atoms with Crippen LogP contribution in [-0.4, -0.2) is 29.3 Å². The molecule has 2 amide bonds. The molecule has 7 heteroatoms. The largest absolute Gasteiger partial charge is 0.355 e. The molecule has 0 unspecified atom stereocenters. The van der Waals surface area contributed by atoms with Crippen LogP contribution in [0.2, 0.25) is 10.0 Å². The van der Waals surface area contributed by atoms with E-state index in [1.54, 1.807) is 24.3 Å². The highest BCUT2D eigenvalue weighted by Crippen LogP contribution is 2.23. The minimum Gasteiger partial charge on any atom is -0.355 e. The van der Waals surface area contributed by atoms with E-state index in [1.165, 1.54) is 17.0 Å². The van der Waals surface area contributed by atoms with Gasteiger partial charge in [-0.15, -0.1) is 0 Å². The lowest BCUT2D eigenvalue weighted by atomic mass is 10.0. The van der Waals surface area contributed by atoms with Crippen LogP contribution in [0.15, 0.2) is 72.8 Å². The zero-order chi connectivity index (χ0) is 23.8. The van der Waals surface area contributed by atoms with E-state index >= 15 is 0 Å².